The van der Waals surface area contributed by atoms with Crippen LogP contribution in [0.3, 0.4) is 0 Å². The van der Waals surface area contributed by atoms with E-state index in [2.05, 4.69) is 17.2 Å². The van der Waals surface area contributed by atoms with Gasteiger partial charge in [-0.3, -0.25) is 14.4 Å². The first kappa shape index (κ1) is 12.3. The molecule has 5 heteroatoms. The van der Waals surface area contributed by atoms with Crippen molar-refractivity contribution in [2.45, 2.75) is 19.9 Å². The van der Waals surface area contributed by atoms with Crippen molar-refractivity contribution >= 4 is 17.6 Å². The van der Waals surface area contributed by atoms with E-state index in [0.717, 1.165) is 6.08 Å². The van der Waals surface area contributed by atoms with E-state index in [4.69, 9.17) is 0 Å². The fraction of sp³-hybridized carbons (Fsp3) is 0.444. The van der Waals surface area contributed by atoms with Crippen molar-refractivity contribution in [2.75, 3.05) is 6.54 Å². The first-order valence-electron chi connectivity index (χ1n) is 4.15. The molecule has 0 rings (SSSR count). The van der Waals surface area contributed by atoms with Gasteiger partial charge in [0.15, 0.2) is 5.78 Å². The lowest BCUT2D eigenvalue weighted by Gasteiger charge is -2.14. The first-order valence-corrected chi connectivity index (χ1v) is 4.15. The van der Waals surface area contributed by atoms with Gasteiger partial charge in [-0.25, -0.2) is 0 Å². The molecule has 0 aromatic carbocycles. The molecule has 5 nitrogen and oxygen atoms in total. The Morgan fingerprint density at radius 2 is 1.93 bits per heavy atom. The van der Waals surface area contributed by atoms with E-state index in [1.165, 1.54) is 13.8 Å². The molecule has 0 aliphatic carbocycles. The predicted molar refractivity (Wildman–Crippen MR) is 51.5 cm³/mol. The molecular weight excluding hydrogens is 184 g/mol. The fourth-order valence-corrected chi connectivity index (χ4v) is 0.817. The summed E-state index contributed by atoms with van der Waals surface area (Å²) >= 11 is 0. The van der Waals surface area contributed by atoms with E-state index in [1.807, 2.05) is 0 Å². The largest absolute Gasteiger partial charge is 0.350 e. The monoisotopic (exact) mass is 198 g/mol. The molecule has 0 bridgehead atoms. The maximum absolute atomic E-state index is 11.0. The Bertz CT molecular complexity index is 261. The number of Topliss-reactive ketones (excluding diaryl/α,β-unsaturated/α-hetero) is 1. The second-order valence-corrected chi connectivity index (χ2v) is 2.81. The predicted octanol–water partition coefficient (Wildman–Crippen LogP) is -0.618. The zero-order chi connectivity index (χ0) is 11.1. The van der Waals surface area contributed by atoms with Crippen LogP contribution in [0.25, 0.3) is 0 Å². The van der Waals surface area contributed by atoms with Gasteiger partial charge in [0.2, 0.25) is 11.8 Å². The van der Waals surface area contributed by atoms with Crippen LogP contribution in [-0.2, 0) is 14.4 Å². The van der Waals surface area contributed by atoms with Gasteiger partial charge in [0.25, 0.3) is 0 Å². The molecule has 0 fully saturated rings. The maximum atomic E-state index is 11.0. The second-order valence-electron chi connectivity index (χ2n) is 2.81. The standard InChI is InChI=1S/C9H14N2O3/c1-4-9(14)10-5-8(6(2)12)11-7(3)13/h4,8H,1,5H2,2-3H3,(H,10,14)(H,11,13). The van der Waals surface area contributed by atoms with Crippen LogP contribution in [0.15, 0.2) is 12.7 Å². The number of carbonyl (C=O) groups is 3. The van der Waals surface area contributed by atoms with E-state index >= 15 is 0 Å². The third-order valence-corrected chi connectivity index (χ3v) is 1.53. The molecule has 0 aliphatic rings. The number of amides is 2. The summed E-state index contributed by atoms with van der Waals surface area (Å²) in [5.41, 5.74) is 0. The van der Waals surface area contributed by atoms with E-state index in [9.17, 15) is 14.4 Å². The van der Waals surface area contributed by atoms with Crippen molar-refractivity contribution in [1.29, 1.82) is 0 Å². The molecule has 1 unspecified atom stereocenters. The Hall–Kier alpha value is -1.65. The molecule has 0 heterocycles. The number of nitrogens with one attached hydrogen (secondary N) is 2. The summed E-state index contributed by atoms with van der Waals surface area (Å²) in [5.74, 6) is -0.885. The van der Waals surface area contributed by atoms with Gasteiger partial charge in [-0.05, 0) is 13.0 Å². The highest BCUT2D eigenvalue weighted by Crippen LogP contribution is 1.85. The van der Waals surface area contributed by atoms with Crippen LogP contribution < -0.4 is 10.6 Å². The van der Waals surface area contributed by atoms with Gasteiger partial charge in [-0.15, -0.1) is 0 Å². The Balaban J connectivity index is 4.10. The fourth-order valence-electron chi connectivity index (χ4n) is 0.817. The van der Waals surface area contributed by atoms with Crippen LogP contribution >= 0.6 is 0 Å². The molecule has 0 aromatic heterocycles. The number of hydrogen-bond acceptors (Lipinski definition) is 3. The molecule has 0 aliphatic heterocycles. The van der Waals surface area contributed by atoms with Crippen molar-refractivity contribution in [3.8, 4) is 0 Å². The minimum absolute atomic E-state index is 0.0831. The van der Waals surface area contributed by atoms with E-state index in [-0.39, 0.29) is 24.1 Å². The van der Waals surface area contributed by atoms with Crippen LogP contribution in [0.2, 0.25) is 0 Å². The summed E-state index contributed by atoms with van der Waals surface area (Å²) in [5, 5.41) is 4.85. The lowest BCUT2D eigenvalue weighted by Crippen LogP contribution is -2.46. The summed E-state index contributed by atoms with van der Waals surface area (Å²) in [6.45, 7) is 6.00. The lowest BCUT2D eigenvalue weighted by molar-refractivity contribution is -0.126. The van der Waals surface area contributed by atoms with Crippen molar-refractivity contribution in [2.24, 2.45) is 0 Å². The molecule has 1 atom stereocenters. The Morgan fingerprint density at radius 1 is 1.36 bits per heavy atom. The maximum Gasteiger partial charge on any atom is 0.243 e. The molecule has 2 N–H and O–H groups in total. The third kappa shape index (κ3) is 5.08. The van der Waals surface area contributed by atoms with Crippen molar-refractivity contribution in [1.82, 2.24) is 10.6 Å². The molecule has 14 heavy (non-hydrogen) atoms. The molecule has 0 spiro atoms. The normalized spacial score (nSPS) is 11.3. The van der Waals surface area contributed by atoms with Crippen molar-refractivity contribution < 1.29 is 14.4 Å². The average molecular weight is 198 g/mol. The number of hydrogen-bond donors (Lipinski definition) is 2. The van der Waals surface area contributed by atoms with Gasteiger partial charge in [0, 0.05) is 13.5 Å². The van der Waals surface area contributed by atoms with Crippen LogP contribution in [0.4, 0.5) is 0 Å². The summed E-state index contributed by atoms with van der Waals surface area (Å²) in [4.78, 5) is 32.4. The summed E-state index contributed by atoms with van der Waals surface area (Å²) in [6, 6.07) is -0.670. The van der Waals surface area contributed by atoms with Gasteiger partial charge >= 0.3 is 0 Å². The van der Waals surface area contributed by atoms with E-state index < -0.39 is 6.04 Å². The van der Waals surface area contributed by atoms with Gasteiger partial charge in [-0.2, -0.15) is 0 Å². The second kappa shape index (κ2) is 5.90. The topological polar surface area (TPSA) is 75.3 Å². The van der Waals surface area contributed by atoms with Crippen molar-refractivity contribution in [3.63, 3.8) is 0 Å². The van der Waals surface area contributed by atoms with Crippen LogP contribution in [0, 0.1) is 0 Å². The van der Waals surface area contributed by atoms with Crippen LogP contribution in [-0.4, -0.2) is 30.2 Å². The highest BCUT2D eigenvalue weighted by molar-refractivity contribution is 5.89. The molecule has 0 saturated heterocycles. The summed E-state index contributed by atoms with van der Waals surface area (Å²) < 4.78 is 0. The minimum atomic E-state index is -0.670. The summed E-state index contributed by atoms with van der Waals surface area (Å²) in [6.07, 6.45) is 1.10. The van der Waals surface area contributed by atoms with Gasteiger partial charge in [-0.1, -0.05) is 6.58 Å². The summed E-state index contributed by atoms with van der Waals surface area (Å²) in [7, 11) is 0. The van der Waals surface area contributed by atoms with E-state index in [0.29, 0.717) is 0 Å². The molecular formula is C9H14N2O3. The highest BCUT2D eigenvalue weighted by Gasteiger charge is 2.14. The zero-order valence-electron chi connectivity index (χ0n) is 8.29. The Morgan fingerprint density at radius 3 is 2.29 bits per heavy atom. The van der Waals surface area contributed by atoms with Crippen LogP contribution in [0.1, 0.15) is 13.8 Å². The van der Waals surface area contributed by atoms with Crippen LogP contribution in [0.5, 0.6) is 0 Å². The smallest absolute Gasteiger partial charge is 0.243 e. The van der Waals surface area contributed by atoms with Gasteiger partial charge in [0.1, 0.15) is 6.04 Å². The minimum Gasteiger partial charge on any atom is -0.350 e. The first-order chi connectivity index (χ1) is 6.47. The van der Waals surface area contributed by atoms with E-state index in [1.54, 1.807) is 0 Å². The Kier molecular flexibility index (Phi) is 5.21. The number of carbonyl (C=O) groups excluding carboxylic acids is 3. The quantitative estimate of drug-likeness (QED) is 0.578. The lowest BCUT2D eigenvalue weighted by atomic mass is 10.2. The van der Waals surface area contributed by atoms with Crippen molar-refractivity contribution in [3.05, 3.63) is 12.7 Å². The zero-order valence-corrected chi connectivity index (χ0v) is 8.29. The SMILES string of the molecule is C=CC(=O)NCC(NC(C)=O)C(C)=O. The molecule has 78 valence electrons. The molecule has 0 saturated carbocycles. The number of ketones is 1. The highest BCUT2D eigenvalue weighted by atomic mass is 16.2. The van der Waals surface area contributed by atoms with Gasteiger partial charge < -0.3 is 10.6 Å². The average Bonchev–Trinajstić information content (AvgIpc) is 2.10. The number of rotatable bonds is 5. The molecule has 2 amide bonds. The third-order valence-electron chi connectivity index (χ3n) is 1.53. The molecule has 0 radical (unpaired) electrons. The molecule has 0 aromatic rings. The van der Waals surface area contributed by atoms with Gasteiger partial charge in [0.05, 0.1) is 0 Å². The Labute approximate surface area is 82.6 Å².